The van der Waals surface area contributed by atoms with E-state index in [0.717, 1.165) is 5.56 Å². The zero-order valence-corrected chi connectivity index (χ0v) is 8.55. The van der Waals surface area contributed by atoms with Gasteiger partial charge in [-0.3, -0.25) is 4.79 Å². The second-order valence-corrected chi connectivity index (χ2v) is 2.83. The van der Waals surface area contributed by atoms with Gasteiger partial charge in [0.2, 0.25) is 0 Å². The highest BCUT2D eigenvalue weighted by atomic mass is 16.6. The lowest BCUT2D eigenvalue weighted by Crippen LogP contribution is -2.00. The maximum absolute atomic E-state index is 10.7. The molecule has 1 aromatic rings. The van der Waals surface area contributed by atoms with Crippen molar-refractivity contribution in [2.45, 2.75) is 13.0 Å². The van der Waals surface area contributed by atoms with Crippen molar-refractivity contribution in [3.8, 4) is 0 Å². The minimum Gasteiger partial charge on any atom is -0.469 e. The van der Waals surface area contributed by atoms with Crippen molar-refractivity contribution in [3.63, 3.8) is 0 Å². The molecule has 4 nitrogen and oxygen atoms in total. The molecule has 80 valence electrons. The summed E-state index contributed by atoms with van der Waals surface area (Å²) in [5, 5.41) is 3.63. The molecule has 0 spiro atoms. The molecule has 0 bridgehead atoms. The molecule has 1 aromatic carbocycles. The van der Waals surface area contributed by atoms with E-state index in [4.69, 9.17) is 4.84 Å². The fraction of sp³-hybridized carbons (Fsp3) is 0.273. The molecular formula is C11H13NO3. The van der Waals surface area contributed by atoms with Gasteiger partial charge in [-0.25, -0.2) is 0 Å². The van der Waals surface area contributed by atoms with E-state index >= 15 is 0 Å². The highest BCUT2D eigenvalue weighted by Crippen LogP contribution is 2.00. The van der Waals surface area contributed by atoms with E-state index in [1.54, 1.807) is 0 Å². The monoisotopic (exact) mass is 207 g/mol. The first-order chi connectivity index (χ1) is 7.33. The quantitative estimate of drug-likeness (QED) is 0.420. The molecule has 0 amide bonds. The largest absolute Gasteiger partial charge is 0.469 e. The van der Waals surface area contributed by atoms with Crippen molar-refractivity contribution in [1.82, 2.24) is 0 Å². The van der Waals surface area contributed by atoms with Gasteiger partial charge in [-0.1, -0.05) is 35.5 Å². The lowest BCUT2D eigenvalue weighted by atomic mass is 10.2. The minimum absolute atomic E-state index is 0.130. The van der Waals surface area contributed by atoms with Gasteiger partial charge in [-0.05, 0) is 5.56 Å². The molecule has 0 aromatic heterocycles. The van der Waals surface area contributed by atoms with Crippen molar-refractivity contribution in [2.75, 3.05) is 7.11 Å². The van der Waals surface area contributed by atoms with Crippen LogP contribution in [0.5, 0.6) is 0 Å². The molecular weight excluding hydrogens is 194 g/mol. The van der Waals surface area contributed by atoms with Gasteiger partial charge in [-0.2, -0.15) is 0 Å². The Morgan fingerprint density at radius 1 is 1.40 bits per heavy atom. The van der Waals surface area contributed by atoms with Crippen LogP contribution in [0, 0.1) is 0 Å². The van der Waals surface area contributed by atoms with Crippen LogP contribution in [0.1, 0.15) is 12.0 Å². The van der Waals surface area contributed by atoms with Gasteiger partial charge in [-0.15, -0.1) is 0 Å². The smallest absolute Gasteiger partial charge is 0.311 e. The Morgan fingerprint density at radius 3 is 2.80 bits per heavy atom. The van der Waals surface area contributed by atoms with E-state index in [9.17, 15) is 4.79 Å². The first-order valence-electron chi connectivity index (χ1n) is 4.57. The Morgan fingerprint density at radius 2 is 2.13 bits per heavy atom. The molecule has 0 fully saturated rings. The molecule has 0 aliphatic heterocycles. The van der Waals surface area contributed by atoms with Gasteiger partial charge in [0, 0.05) is 0 Å². The molecule has 0 unspecified atom stereocenters. The highest BCUT2D eigenvalue weighted by molar-refractivity contribution is 5.85. The first kappa shape index (κ1) is 11.2. The van der Waals surface area contributed by atoms with E-state index < -0.39 is 0 Å². The standard InChI is InChI=1S/C11H13NO3/c1-14-11(13)7-8-12-15-9-10-5-3-2-4-6-10/h2-6,8H,7,9H2,1H3/b12-8+. The Kier molecular flexibility index (Phi) is 4.94. The van der Waals surface area contributed by atoms with E-state index in [1.807, 2.05) is 30.3 Å². The molecule has 15 heavy (non-hydrogen) atoms. The van der Waals surface area contributed by atoms with Crippen LogP contribution in [-0.2, 0) is 21.0 Å². The van der Waals surface area contributed by atoms with Gasteiger partial charge in [0.1, 0.15) is 6.61 Å². The third-order valence-electron chi connectivity index (χ3n) is 1.71. The zero-order valence-electron chi connectivity index (χ0n) is 8.55. The van der Waals surface area contributed by atoms with Crippen LogP contribution < -0.4 is 0 Å². The maximum atomic E-state index is 10.7. The number of carbonyl (C=O) groups is 1. The zero-order chi connectivity index (χ0) is 10.9. The molecule has 0 aliphatic carbocycles. The van der Waals surface area contributed by atoms with Gasteiger partial charge in [0.05, 0.1) is 19.7 Å². The number of hydrogen-bond donors (Lipinski definition) is 0. The van der Waals surface area contributed by atoms with Crippen molar-refractivity contribution in [1.29, 1.82) is 0 Å². The Balaban J connectivity index is 2.19. The van der Waals surface area contributed by atoms with Crippen LogP contribution in [-0.4, -0.2) is 19.3 Å². The maximum Gasteiger partial charge on any atom is 0.311 e. The predicted molar refractivity (Wildman–Crippen MR) is 56.4 cm³/mol. The summed E-state index contributed by atoms with van der Waals surface area (Å²) in [7, 11) is 1.33. The SMILES string of the molecule is COC(=O)C/C=N/OCc1ccccc1. The highest BCUT2D eigenvalue weighted by Gasteiger charge is 1.94. The molecule has 0 radical (unpaired) electrons. The van der Waals surface area contributed by atoms with Crippen molar-refractivity contribution >= 4 is 12.2 Å². The Hall–Kier alpha value is -1.84. The summed E-state index contributed by atoms with van der Waals surface area (Å²) in [6, 6.07) is 9.67. The summed E-state index contributed by atoms with van der Waals surface area (Å²) >= 11 is 0. The number of benzene rings is 1. The number of oxime groups is 1. The average Bonchev–Trinajstić information content (AvgIpc) is 2.29. The minimum atomic E-state index is -0.331. The third kappa shape index (κ3) is 4.81. The van der Waals surface area contributed by atoms with E-state index in [0.29, 0.717) is 6.61 Å². The lowest BCUT2D eigenvalue weighted by molar-refractivity contribution is -0.139. The second-order valence-electron chi connectivity index (χ2n) is 2.83. The molecule has 0 N–H and O–H groups in total. The summed E-state index contributed by atoms with van der Waals surface area (Å²) in [6.07, 6.45) is 1.51. The van der Waals surface area contributed by atoms with Crippen LogP contribution in [0.2, 0.25) is 0 Å². The number of hydrogen-bond acceptors (Lipinski definition) is 4. The summed E-state index contributed by atoms with van der Waals surface area (Å²) in [6.45, 7) is 0.401. The van der Waals surface area contributed by atoms with Crippen LogP contribution in [0.15, 0.2) is 35.5 Å². The second kappa shape index (κ2) is 6.59. The molecule has 0 aliphatic rings. The number of methoxy groups -OCH3 is 1. The van der Waals surface area contributed by atoms with E-state index in [2.05, 4.69) is 9.89 Å². The summed E-state index contributed by atoms with van der Waals surface area (Å²) < 4.78 is 4.43. The Labute approximate surface area is 88.5 Å². The molecule has 0 atom stereocenters. The van der Waals surface area contributed by atoms with E-state index in [1.165, 1.54) is 13.3 Å². The van der Waals surface area contributed by atoms with Gasteiger partial charge in [0.25, 0.3) is 0 Å². The van der Waals surface area contributed by atoms with Gasteiger partial charge < -0.3 is 9.57 Å². The first-order valence-corrected chi connectivity index (χ1v) is 4.57. The van der Waals surface area contributed by atoms with Crippen LogP contribution in [0.3, 0.4) is 0 Å². The summed E-state index contributed by atoms with van der Waals surface area (Å²) in [4.78, 5) is 15.7. The Bertz CT molecular complexity index is 322. The van der Waals surface area contributed by atoms with Crippen molar-refractivity contribution in [2.24, 2.45) is 5.16 Å². The summed E-state index contributed by atoms with van der Waals surface area (Å²) in [5.41, 5.74) is 1.03. The van der Waals surface area contributed by atoms with Crippen LogP contribution >= 0.6 is 0 Å². The number of nitrogens with zero attached hydrogens (tertiary/aromatic N) is 1. The summed E-state index contributed by atoms with van der Waals surface area (Å²) in [5.74, 6) is -0.331. The fourth-order valence-electron chi connectivity index (χ4n) is 0.934. The lowest BCUT2D eigenvalue weighted by Gasteiger charge is -1.98. The normalized spacial score (nSPS) is 10.2. The van der Waals surface area contributed by atoms with Gasteiger partial charge in [0.15, 0.2) is 0 Å². The molecule has 0 saturated carbocycles. The molecule has 0 heterocycles. The molecule has 4 heteroatoms. The van der Waals surface area contributed by atoms with Gasteiger partial charge >= 0.3 is 5.97 Å². The fourth-order valence-corrected chi connectivity index (χ4v) is 0.934. The number of carbonyl (C=O) groups excluding carboxylic acids is 1. The number of esters is 1. The van der Waals surface area contributed by atoms with Crippen LogP contribution in [0.4, 0.5) is 0 Å². The third-order valence-corrected chi connectivity index (χ3v) is 1.71. The van der Waals surface area contributed by atoms with Crippen LogP contribution in [0.25, 0.3) is 0 Å². The van der Waals surface area contributed by atoms with Crippen molar-refractivity contribution in [3.05, 3.63) is 35.9 Å². The number of rotatable bonds is 5. The van der Waals surface area contributed by atoms with E-state index in [-0.39, 0.29) is 12.4 Å². The van der Waals surface area contributed by atoms with Crippen molar-refractivity contribution < 1.29 is 14.4 Å². The predicted octanol–water partition coefficient (Wildman–Crippen LogP) is 1.75. The molecule has 0 saturated heterocycles. The average molecular weight is 207 g/mol. The number of ether oxygens (including phenoxy) is 1. The topological polar surface area (TPSA) is 47.9 Å². The molecule has 1 rings (SSSR count).